The van der Waals surface area contributed by atoms with E-state index >= 15 is 0 Å². The lowest BCUT2D eigenvalue weighted by molar-refractivity contribution is 0.0595. The van der Waals surface area contributed by atoms with Crippen LogP contribution in [-0.4, -0.2) is 19.7 Å². The fourth-order valence-electron chi connectivity index (χ4n) is 4.31. The number of benzene rings is 2. The monoisotopic (exact) mass is 374 g/mol. The van der Waals surface area contributed by atoms with E-state index in [9.17, 15) is 9.18 Å². The summed E-state index contributed by atoms with van der Waals surface area (Å²) in [5, 5.41) is 0.753. The van der Waals surface area contributed by atoms with Gasteiger partial charge in [0.25, 0.3) is 0 Å². The van der Waals surface area contributed by atoms with Crippen molar-refractivity contribution in [3.63, 3.8) is 0 Å². The van der Waals surface area contributed by atoms with Crippen LogP contribution in [0, 0.1) is 5.82 Å². The van der Waals surface area contributed by atoms with E-state index < -0.39 is 11.8 Å². The molecule has 4 rings (SSSR count). The van der Waals surface area contributed by atoms with Gasteiger partial charge >= 0.3 is 5.97 Å². The predicted molar refractivity (Wildman–Crippen MR) is 97.6 cm³/mol. The van der Waals surface area contributed by atoms with Gasteiger partial charge in [-0.3, -0.25) is 0 Å². The molecular formula is C21H20ClFO3. The number of carbonyl (C=O) groups is 1. The highest BCUT2D eigenvalue weighted by Gasteiger charge is 2.39. The maximum Gasteiger partial charge on any atom is 0.340 e. The summed E-state index contributed by atoms with van der Waals surface area (Å²) in [6.45, 7) is 0.506. The maximum absolute atomic E-state index is 14.3. The minimum Gasteiger partial charge on any atom is -0.492 e. The Hall–Kier alpha value is -2.07. The van der Waals surface area contributed by atoms with Crippen molar-refractivity contribution in [1.82, 2.24) is 0 Å². The second kappa shape index (κ2) is 6.58. The van der Waals surface area contributed by atoms with Crippen molar-refractivity contribution in [2.24, 2.45) is 0 Å². The van der Waals surface area contributed by atoms with E-state index in [-0.39, 0.29) is 11.0 Å². The number of rotatable bonds is 1. The molecule has 0 bridgehead atoms. The average molecular weight is 375 g/mol. The minimum atomic E-state index is -0.665. The smallest absolute Gasteiger partial charge is 0.340 e. The van der Waals surface area contributed by atoms with Gasteiger partial charge < -0.3 is 9.47 Å². The van der Waals surface area contributed by atoms with Gasteiger partial charge in [0.1, 0.15) is 11.6 Å². The normalized spacial score (nSPS) is 21.3. The van der Waals surface area contributed by atoms with Crippen molar-refractivity contribution in [3.05, 3.63) is 63.4 Å². The number of ether oxygens (including phenoxy) is 2. The molecule has 0 amide bonds. The molecule has 0 saturated heterocycles. The molecule has 2 aromatic rings. The molecule has 0 fully saturated rings. The van der Waals surface area contributed by atoms with Crippen molar-refractivity contribution in [1.29, 1.82) is 0 Å². The molecule has 1 aliphatic heterocycles. The first kappa shape index (κ1) is 17.3. The largest absolute Gasteiger partial charge is 0.492 e. The highest BCUT2D eigenvalue weighted by molar-refractivity contribution is 6.30. The fourth-order valence-corrected chi connectivity index (χ4v) is 4.50. The van der Waals surface area contributed by atoms with Gasteiger partial charge in [0, 0.05) is 16.5 Å². The molecule has 26 heavy (non-hydrogen) atoms. The Labute approximate surface area is 157 Å². The Morgan fingerprint density at radius 1 is 1.19 bits per heavy atom. The fraction of sp³-hybridized carbons (Fsp3) is 0.381. The summed E-state index contributed by atoms with van der Waals surface area (Å²) in [5.74, 6) is -0.752. The standard InChI is InChI=1S/C21H20ClFO3/c1-25-20(24)16-10-14-6-8-21(12-26-19(14)11-18(16)23)7-2-3-13-9-15(22)4-5-17(13)21/h4-5,9-11H,2-3,6-8,12H2,1H3/t21-/m0/s1. The lowest BCUT2D eigenvalue weighted by atomic mass is 9.68. The summed E-state index contributed by atoms with van der Waals surface area (Å²) in [6, 6.07) is 8.97. The van der Waals surface area contributed by atoms with Crippen LogP contribution in [-0.2, 0) is 23.0 Å². The third-order valence-corrected chi connectivity index (χ3v) is 5.91. The van der Waals surface area contributed by atoms with E-state index in [1.807, 2.05) is 12.1 Å². The summed E-state index contributed by atoms with van der Waals surface area (Å²) in [7, 11) is 1.25. The second-order valence-electron chi connectivity index (χ2n) is 7.16. The Kier molecular flexibility index (Phi) is 4.39. The van der Waals surface area contributed by atoms with Gasteiger partial charge in [-0.1, -0.05) is 17.7 Å². The molecule has 0 N–H and O–H groups in total. The molecule has 0 radical (unpaired) electrons. The quantitative estimate of drug-likeness (QED) is 0.668. The average Bonchev–Trinajstić information content (AvgIpc) is 2.81. The molecule has 0 saturated carbocycles. The van der Waals surface area contributed by atoms with Crippen molar-refractivity contribution in [2.75, 3.05) is 13.7 Å². The van der Waals surface area contributed by atoms with Gasteiger partial charge in [-0.2, -0.15) is 0 Å². The third-order valence-electron chi connectivity index (χ3n) is 5.67. The van der Waals surface area contributed by atoms with Crippen LogP contribution < -0.4 is 4.74 Å². The van der Waals surface area contributed by atoms with E-state index in [4.69, 9.17) is 16.3 Å². The lowest BCUT2D eigenvalue weighted by Crippen LogP contribution is -2.36. The molecule has 0 aromatic heterocycles. The molecule has 3 nitrogen and oxygen atoms in total. The molecule has 2 aliphatic rings. The van der Waals surface area contributed by atoms with E-state index in [0.717, 1.165) is 42.7 Å². The van der Waals surface area contributed by atoms with Crippen LogP contribution in [0.15, 0.2) is 30.3 Å². The molecule has 0 unspecified atom stereocenters. The number of esters is 1. The van der Waals surface area contributed by atoms with Crippen LogP contribution in [0.4, 0.5) is 4.39 Å². The number of carbonyl (C=O) groups excluding carboxylic acids is 1. The van der Waals surface area contributed by atoms with Crippen molar-refractivity contribution in [2.45, 2.75) is 37.5 Å². The van der Waals surface area contributed by atoms with E-state index in [0.29, 0.717) is 12.4 Å². The molecule has 1 aliphatic carbocycles. The molecule has 1 spiro atoms. The SMILES string of the molecule is COC(=O)c1cc2c(cc1F)OC[C@]1(CCCc3cc(Cl)ccc31)CC2. The molecule has 1 atom stereocenters. The first-order valence-electron chi connectivity index (χ1n) is 8.85. The van der Waals surface area contributed by atoms with Crippen LogP contribution in [0.5, 0.6) is 5.75 Å². The summed E-state index contributed by atoms with van der Waals surface area (Å²) in [4.78, 5) is 11.8. The molecule has 5 heteroatoms. The number of hydrogen-bond donors (Lipinski definition) is 0. The van der Waals surface area contributed by atoms with Gasteiger partial charge in [0.2, 0.25) is 0 Å². The van der Waals surface area contributed by atoms with Crippen molar-refractivity contribution >= 4 is 17.6 Å². The number of halogens is 2. The first-order valence-corrected chi connectivity index (χ1v) is 9.23. The van der Waals surface area contributed by atoms with Gasteiger partial charge in [0.15, 0.2) is 0 Å². The zero-order valence-corrected chi connectivity index (χ0v) is 15.4. The Morgan fingerprint density at radius 3 is 2.85 bits per heavy atom. The van der Waals surface area contributed by atoms with Gasteiger partial charge in [-0.05, 0) is 67.0 Å². The van der Waals surface area contributed by atoms with Crippen LogP contribution in [0.25, 0.3) is 0 Å². The topological polar surface area (TPSA) is 35.5 Å². The highest BCUT2D eigenvalue weighted by Crippen LogP contribution is 2.44. The molecule has 1 heterocycles. The Bertz CT molecular complexity index is 880. The predicted octanol–water partition coefficient (Wildman–Crippen LogP) is 4.87. The van der Waals surface area contributed by atoms with Crippen molar-refractivity contribution in [3.8, 4) is 5.75 Å². The minimum absolute atomic E-state index is 0.0402. The number of fused-ring (bicyclic) bond motifs is 3. The zero-order valence-electron chi connectivity index (χ0n) is 14.6. The summed E-state index contributed by atoms with van der Waals surface area (Å²) in [5.41, 5.74) is 3.28. The van der Waals surface area contributed by atoms with E-state index in [2.05, 4.69) is 10.8 Å². The maximum atomic E-state index is 14.3. The summed E-state index contributed by atoms with van der Waals surface area (Å²) >= 11 is 6.17. The van der Waals surface area contributed by atoms with Crippen LogP contribution >= 0.6 is 11.6 Å². The van der Waals surface area contributed by atoms with Crippen LogP contribution in [0.3, 0.4) is 0 Å². The van der Waals surface area contributed by atoms with Crippen LogP contribution in [0.1, 0.15) is 46.3 Å². The number of aryl methyl sites for hydroxylation is 2. The second-order valence-corrected chi connectivity index (χ2v) is 7.59. The summed E-state index contributed by atoms with van der Waals surface area (Å²) < 4.78 is 25.0. The summed E-state index contributed by atoms with van der Waals surface area (Å²) in [6.07, 6.45) is 4.74. The highest BCUT2D eigenvalue weighted by atomic mass is 35.5. The van der Waals surface area contributed by atoms with E-state index in [1.54, 1.807) is 6.07 Å². The third kappa shape index (κ3) is 2.86. The Morgan fingerprint density at radius 2 is 2.04 bits per heavy atom. The molecular weight excluding hydrogens is 355 g/mol. The van der Waals surface area contributed by atoms with E-state index in [1.165, 1.54) is 24.3 Å². The number of hydrogen-bond acceptors (Lipinski definition) is 3. The number of methoxy groups -OCH3 is 1. The van der Waals surface area contributed by atoms with Gasteiger partial charge in [-0.15, -0.1) is 0 Å². The van der Waals surface area contributed by atoms with Crippen LogP contribution in [0.2, 0.25) is 5.02 Å². The Balaban J connectivity index is 1.70. The zero-order chi connectivity index (χ0) is 18.3. The first-order chi connectivity index (χ1) is 12.5. The molecule has 136 valence electrons. The lowest BCUT2D eigenvalue weighted by Gasteiger charge is -2.38. The van der Waals surface area contributed by atoms with Gasteiger partial charge in [-0.25, -0.2) is 9.18 Å². The molecule has 2 aromatic carbocycles. The van der Waals surface area contributed by atoms with Gasteiger partial charge in [0.05, 0.1) is 19.3 Å². The van der Waals surface area contributed by atoms with Crippen molar-refractivity contribution < 1.29 is 18.7 Å².